The average Bonchev–Trinajstić information content (AvgIpc) is 3.16. The Morgan fingerprint density at radius 1 is 1.10 bits per heavy atom. The zero-order valence-corrected chi connectivity index (χ0v) is 17.8. The van der Waals surface area contributed by atoms with E-state index in [9.17, 15) is 9.59 Å². The quantitative estimate of drug-likeness (QED) is 0.346. The molecule has 0 atom stereocenters. The molecule has 0 aliphatic heterocycles. The lowest BCUT2D eigenvalue weighted by Gasteiger charge is -2.15. The highest BCUT2D eigenvalue weighted by atomic mass is 32.2. The Balaban J connectivity index is 1.79. The van der Waals surface area contributed by atoms with Crippen molar-refractivity contribution >= 4 is 39.6 Å². The molecule has 2 aromatic carbocycles. The molecule has 0 aliphatic rings. The summed E-state index contributed by atoms with van der Waals surface area (Å²) in [6, 6.07) is 17.3. The van der Waals surface area contributed by atoms with Gasteiger partial charge in [-0.1, -0.05) is 62.0 Å². The van der Waals surface area contributed by atoms with Crippen LogP contribution in [0.5, 0.6) is 0 Å². The fraction of sp³-hybridized carbons (Fsp3) is 0.261. The van der Waals surface area contributed by atoms with Gasteiger partial charge in [0.05, 0.1) is 11.4 Å². The first-order chi connectivity index (χ1) is 14.6. The van der Waals surface area contributed by atoms with Crippen LogP contribution in [0.2, 0.25) is 0 Å². The summed E-state index contributed by atoms with van der Waals surface area (Å²) >= 11 is 1.28. The number of rotatable bonds is 7. The second-order valence-electron chi connectivity index (χ2n) is 7.13. The van der Waals surface area contributed by atoms with Gasteiger partial charge < -0.3 is 10.3 Å². The number of hydrogen-bond acceptors (Lipinski definition) is 4. The van der Waals surface area contributed by atoms with Crippen molar-refractivity contribution in [3.63, 3.8) is 0 Å². The summed E-state index contributed by atoms with van der Waals surface area (Å²) in [5.74, 6) is 0.144. The number of para-hydroxylation sites is 2. The molecular weight excluding hydrogens is 396 g/mol. The number of amides is 1. The zero-order chi connectivity index (χ0) is 21.1. The van der Waals surface area contributed by atoms with E-state index in [0.717, 1.165) is 29.4 Å². The van der Waals surface area contributed by atoms with Gasteiger partial charge in [-0.2, -0.15) is 0 Å². The van der Waals surface area contributed by atoms with Crippen LogP contribution in [0, 0.1) is 0 Å². The van der Waals surface area contributed by atoms with Crippen LogP contribution in [0.15, 0.2) is 64.5 Å². The molecule has 0 saturated heterocycles. The van der Waals surface area contributed by atoms with Crippen molar-refractivity contribution in [1.82, 2.24) is 19.9 Å². The van der Waals surface area contributed by atoms with Crippen LogP contribution in [0.25, 0.3) is 27.6 Å². The van der Waals surface area contributed by atoms with Gasteiger partial charge in [-0.05, 0) is 31.0 Å². The van der Waals surface area contributed by atoms with Crippen molar-refractivity contribution < 1.29 is 4.79 Å². The smallest absolute Gasteiger partial charge is 0.283 e. The third-order valence-electron chi connectivity index (χ3n) is 5.19. The standard InChI is InChI=1S/C23H24N4O2S/c1-3-15(4-2)24-19(28)14-30-23-26-20-17-12-8-9-13-18(17)25-21(20)22(29)27(23)16-10-6-5-7-11-16/h5-13,15,25H,3-4,14H2,1-2H3,(H,24,28). The zero-order valence-electron chi connectivity index (χ0n) is 17.0. The lowest BCUT2D eigenvalue weighted by atomic mass is 10.2. The van der Waals surface area contributed by atoms with Crippen LogP contribution >= 0.6 is 11.8 Å². The monoisotopic (exact) mass is 420 g/mol. The van der Waals surface area contributed by atoms with Gasteiger partial charge in [-0.15, -0.1) is 0 Å². The summed E-state index contributed by atoms with van der Waals surface area (Å²) in [6.45, 7) is 4.11. The number of benzene rings is 2. The van der Waals surface area contributed by atoms with Crippen molar-refractivity contribution in [2.45, 2.75) is 37.9 Å². The van der Waals surface area contributed by atoms with Gasteiger partial charge in [0, 0.05) is 16.9 Å². The van der Waals surface area contributed by atoms with Crippen LogP contribution in [0.4, 0.5) is 0 Å². The van der Waals surface area contributed by atoms with Gasteiger partial charge in [0.25, 0.3) is 5.56 Å². The van der Waals surface area contributed by atoms with Gasteiger partial charge in [0.1, 0.15) is 11.0 Å². The van der Waals surface area contributed by atoms with Crippen molar-refractivity contribution in [1.29, 1.82) is 0 Å². The third kappa shape index (κ3) is 3.85. The number of thioether (sulfide) groups is 1. The number of nitrogens with one attached hydrogen (secondary N) is 2. The Labute approximate surface area is 178 Å². The van der Waals surface area contributed by atoms with Crippen molar-refractivity contribution in [2.75, 3.05) is 5.75 Å². The van der Waals surface area contributed by atoms with Crippen molar-refractivity contribution in [3.8, 4) is 5.69 Å². The molecule has 2 N–H and O–H groups in total. The summed E-state index contributed by atoms with van der Waals surface area (Å²) in [5.41, 5.74) is 2.51. The Bertz CT molecular complexity index is 1240. The highest BCUT2D eigenvalue weighted by Gasteiger charge is 2.18. The average molecular weight is 421 g/mol. The number of nitrogens with zero attached hydrogens (tertiary/aromatic N) is 2. The molecule has 4 aromatic rings. The topological polar surface area (TPSA) is 79.8 Å². The van der Waals surface area contributed by atoms with E-state index in [0.29, 0.717) is 16.2 Å². The van der Waals surface area contributed by atoms with Crippen molar-refractivity contribution in [3.05, 3.63) is 65.0 Å². The highest BCUT2D eigenvalue weighted by molar-refractivity contribution is 7.99. The minimum Gasteiger partial charge on any atom is -0.353 e. The lowest BCUT2D eigenvalue weighted by molar-refractivity contribution is -0.119. The molecule has 6 nitrogen and oxygen atoms in total. The first-order valence-corrected chi connectivity index (χ1v) is 11.1. The normalized spacial score (nSPS) is 11.4. The van der Waals surface area contributed by atoms with Crippen LogP contribution in [0.3, 0.4) is 0 Å². The molecule has 30 heavy (non-hydrogen) atoms. The second-order valence-corrected chi connectivity index (χ2v) is 8.08. The summed E-state index contributed by atoms with van der Waals surface area (Å²) < 4.78 is 1.58. The number of hydrogen-bond donors (Lipinski definition) is 2. The third-order valence-corrected chi connectivity index (χ3v) is 6.13. The largest absolute Gasteiger partial charge is 0.353 e. The molecule has 7 heteroatoms. The summed E-state index contributed by atoms with van der Waals surface area (Å²) in [4.78, 5) is 33.9. The Morgan fingerprint density at radius 3 is 2.53 bits per heavy atom. The molecule has 1 amide bonds. The molecule has 0 aliphatic carbocycles. The molecule has 0 fully saturated rings. The molecule has 2 aromatic heterocycles. The highest BCUT2D eigenvalue weighted by Crippen LogP contribution is 2.26. The number of aromatic amines is 1. The molecule has 0 bridgehead atoms. The SMILES string of the molecule is CCC(CC)NC(=O)CSc1nc2c([nH]c3ccccc32)c(=O)n1-c1ccccc1. The summed E-state index contributed by atoms with van der Waals surface area (Å²) in [7, 11) is 0. The van der Waals surface area contributed by atoms with E-state index in [2.05, 4.69) is 24.1 Å². The van der Waals surface area contributed by atoms with Gasteiger partial charge >= 0.3 is 0 Å². The van der Waals surface area contributed by atoms with Crippen LogP contribution in [-0.2, 0) is 4.79 Å². The fourth-order valence-electron chi connectivity index (χ4n) is 3.54. The number of H-pyrrole nitrogens is 1. The predicted octanol–water partition coefficient (Wildman–Crippen LogP) is 4.26. The molecular formula is C23H24N4O2S. The van der Waals surface area contributed by atoms with E-state index in [-0.39, 0.29) is 23.3 Å². The maximum Gasteiger partial charge on any atom is 0.283 e. The molecule has 0 unspecified atom stereocenters. The molecule has 2 heterocycles. The van der Waals surface area contributed by atoms with E-state index in [1.165, 1.54) is 11.8 Å². The van der Waals surface area contributed by atoms with Gasteiger partial charge in [0.2, 0.25) is 5.91 Å². The number of fused-ring (bicyclic) bond motifs is 3. The molecule has 154 valence electrons. The number of aromatic nitrogens is 3. The maximum atomic E-state index is 13.4. The van der Waals surface area contributed by atoms with E-state index >= 15 is 0 Å². The molecule has 0 spiro atoms. The fourth-order valence-corrected chi connectivity index (χ4v) is 4.35. The van der Waals surface area contributed by atoms with Crippen LogP contribution in [-0.4, -0.2) is 32.2 Å². The van der Waals surface area contributed by atoms with Gasteiger partial charge in [-0.3, -0.25) is 14.2 Å². The summed E-state index contributed by atoms with van der Waals surface area (Å²) in [6.07, 6.45) is 1.78. The van der Waals surface area contributed by atoms with E-state index in [4.69, 9.17) is 4.98 Å². The predicted molar refractivity (Wildman–Crippen MR) is 122 cm³/mol. The van der Waals surface area contributed by atoms with Crippen molar-refractivity contribution in [2.24, 2.45) is 0 Å². The molecule has 0 saturated carbocycles. The van der Waals surface area contributed by atoms with Gasteiger partial charge in [0.15, 0.2) is 5.16 Å². The summed E-state index contributed by atoms with van der Waals surface area (Å²) in [5, 5.41) is 4.44. The Hall–Kier alpha value is -3.06. The molecule has 4 rings (SSSR count). The number of carbonyl (C=O) groups excluding carboxylic acids is 1. The van der Waals surface area contributed by atoms with E-state index in [1.54, 1.807) is 4.57 Å². The first-order valence-electron chi connectivity index (χ1n) is 10.1. The number of carbonyl (C=O) groups is 1. The first kappa shape index (κ1) is 20.2. The van der Waals surface area contributed by atoms with E-state index in [1.807, 2.05) is 54.6 Å². The Kier molecular flexibility index (Phi) is 5.90. The second kappa shape index (κ2) is 8.75. The van der Waals surface area contributed by atoms with E-state index < -0.39 is 0 Å². The van der Waals surface area contributed by atoms with Crippen LogP contribution < -0.4 is 10.9 Å². The van der Waals surface area contributed by atoms with Gasteiger partial charge in [-0.25, -0.2) is 4.98 Å². The minimum atomic E-state index is -0.176. The lowest BCUT2D eigenvalue weighted by Crippen LogP contribution is -2.35. The minimum absolute atomic E-state index is 0.0541. The van der Waals surface area contributed by atoms with Crippen LogP contribution in [0.1, 0.15) is 26.7 Å². The Morgan fingerprint density at radius 2 is 1.80 bits per heavy atom. The maximum absolute atomic E-state index is 13.4. The molecule has 0 radical (unpaired) electrons.